The van der Waals surface area contributed by atoms with Crippen LogP contribution in [0.25, 0.3) is 0 Å². The minimum absolute atomic E-state index is 0.0350. The molecule has 1 aromatic rings. The first-order chi connectivity index (χ1) is 9.41. The van der Waals surface area contributed by atoms with Crippen LogP contribution >= 0.6 is 11.6 Å². The van der Waals surface area contributed by atoms with E-state index in [1.165, 1.54) is 12.1 Å². The molecule has 1 aromatic carbocycles. The quantitative estimate of drug-likeness (QED) is 0.836. The molecule has 0 aromatic heterocycles. The highest BCUT2D eigenvalue weighted by Gasteiger charge is 2.34. The highest BCUT2D eigenvalue weighted by Crippen LogP contribution is 2.34. The van der Waals surface area contributed by atoms with Crippen molar-refractivity contribution < 1.29 is 23.1 Å². The second kappa shape index (κ2) is 5.90. The number of hydrogen-bond donors (Lipinski definition) is 2. The monoisotopic (exact) mass is 319 g/mol. The lowest BCUT2D eigenvalue weighted by atomic mass is 10.1. The third-order valence-corrected chi connectivity index (χ3v) is 4.10. The Balaban J connectivity index is 2.45. The van der Waals surface area contributed by atoms with E-state index in [2.05, 4.69) is 0 Å². The van der Waals surface area contributed by atoms with Crippen molar-refractivity contribution in [2.45, 2.75) is 18.9 Å². The number of carbonyl (C=O) groups is 1. The molecular weight excluding hydrogens is 309 g/mol. The molecule has 2 unspecified atom stereocenters. The molecule has 2 atom stereocenters. The van der Waals surface area contributed by atoms with Crippen LogP contribution in [0, 0.1) is 5.82 Å². The van der Waals surface area contributed by atoms with Crippen molar-refractivity contribution in [2.24, 2.45) is 0 Å². The van der Waals surface area contributed by atoms with Gasteiger partial charge in [-0.15, -0.1) is 0 Å². The van der Waals surface area contributed by atoms with Crippen LogP contribution in [0.3, 0.4) is 0 Å². The van der Waals surface area contributed by atoms with Crippen LogP contribution in [0.4, 0.5) is 10.1 Å². The second-order valence-electron chi connectivity index (χ2n) is 4.21. The lowest BCUT2D eigenvalue weighted by Gasteiger charge is -2.28. The zero-order valence-corrected chi connectivity index (χ0v) is 11.7. The lowest BCUT2D eigenvalue weighted by molar-refractivity contribution is -0.132. The van der Waals surface area contributed by atoms with Crippen molar-refractivity contribution in [2.75, 3.05) is 4.31 Å². The Hall–Kier alpha value is -1.44. The maximum atomic E-state index is 13.0. The zero-order valence-electron chi connectivity index (χ0n) is 10.1. The van der Waals surface area contributed by atoms with Crippen molar-refractivity contribution in [3.63, 3.8) is 0 Å². The number of benzene rings is 1. The Labute approximate surface area is 122 Å². The van der Waals surface area contributed by atoms with E-state index >= 15 is 0 Å². The third-order valence-electron chi connectivity index (χ3n) is 3.01. The molecule has 2 N–H and O–H groups in total. The van der Waals surface area contributed by atoms with Crippen LogP contribution in [-0.2, 0) is 16.1 Å². The number of aliphatic carboxylic acids is 1. The largest absolute Gasteiger partial charge is 0.478 e. The van der Waals surface area contributed by atoms with Crippen LogP contribution in [-0.4, -0.2) is 25.9 Å². The number of allylic oxidation sites excluding steroid dienone is 1. The van der Waals surface area contributed by atoms with E-state index in [1.54, 1.807) is 0 Å². The summed E-state index contributed by atoms with van der Waals surface area (Å²) >= 11 is 3.40. The summed E-state index contributed by atoms with van der Waals surface area (Å²) in [6, 6.07) is 2.58. The number of rotatable bonds is 4. The van der Waals surface area contributed by atoms with Gasteiger partial charge in [0.1, 0.15) is 5.82 Å². The van der Waals surface area contributed by atoms with E-state index in [0.717, 1.165) is 16.4 Å². The fourth-order valence-corrected chi connectivity index (χ4v) is 3.26. The van der Waals surface area contributed by atoms with E-state index in [4.69, 9.17) is 16.7 Å². The van der Waals surface area contributed by atoms with Crippen LogP contribution in [0.5, 0.6) is 0 Å². The first kappa shape index (κ1) is 15.0. The summed E-state index contributed by atoms with van der Waals surface area (Å²) in [4.78, 5) is 11.1. The number of halogens is 2. The molecule has 0 saturated heterocycles. The highest BCUT2D eigenvalue weighted by atomic mass is 35.5. The number of nitrogens with zero attached hydrogens (tertiary/aromatic N) is 1. The van der Waals surface area contributed by atoms with Gasteiger partial charge in [-0.2, -0.15) is 0 Å². The molecule has 0 saturated carbocycles. The summed E-state index contributed by atoms with van der Waals surface area (Å²) in [7, 11) is 0. The molecule has 0 amide bonds. The maximum Gasteiger partial charge on any atom is 0.333 e. The molecule has 8 heteroatoms. The first-order valence-corrected chi connectivity index (χ1v) is 7.14. The summed E-state index contributed by atoms with van der Waals surface area (Å²) in [5.41, 5.74) is 0.153. The molecule has 0 aliphatic heterocycles. The Kier molecular flexibility index (Phi) is 4.42. The Bertz CT molecular complexity index is 607. The van der Waals surface area contributed by atoms with Gasteiger partial charge in [-0.3, -0.25) is 8.86 Å². The van der Waals surface area contributed by atoms with Gasteiger partial charge < -0.3 is 5.11 Å². The van der Waals surface area contributed by atoms with Crippen LogP contribution < -0.4 is 4.31 Å². The molecular formula is C12H11ClFNO4S. The van der Waals surface area contributed by atoms with Crippen molar-refractivity contribution in [1.29, 1.82) is 0 Å². The summed E-state index contributed by atoms with van der Waals surface area (Å²) in [5, 5.41) is 9.05. The molecule has 2 rings (SSSR count). The van der Waals surface area contributed by atoms with E-state index < -0.39 is 29.1 Å². The third kappa shape index (κ3) is 2.84. The number of carboxylic acid groups (broad SMARTS) is 1. The normalized spacial score (nSPS) is 19.6. The zero-order chi connectivity index (χ0) is 14.9. The summed E-state index contributed by atoms with van der Waals surface area (Å²) in [5.74, 6) is -1.73. The van der Waals surface area contributed by atoms with Gasteiger partial charge in [0.25, 0.3) is 11.3 Å². The predicted molar refractivity (Wildman–Crippen MR) is 73.4 cm³/mol. The lowest BCUT2D eigenvalue weighted by Crippen LogP contribution is -2.38. The molecule has 108 valence electrons. The predicted octanol–water partition coefficient (Wildman–Crippen LogP) is 2.60. The van der Waals surface area contributed by atoms with E-state index in [9.17, 15) is 17.9 Å². The van der Waals surface area contributed by atoms with Crippen LogP contribution in [0.15, 0.2) is 29.8 Å². The van der Waals surface area contributed by atoms with Gasteiger partial charge in [0.05, 0.1) is 22.3 Å². The standard InChI is InChI=1S/C12H11ClFNO4S/c13-9-6-7(14)4-5-11(9)15(20(18)19)10-3-1-2-8(10)12(16)17/h2,4-6,10H,1,3H2,(H,16,17)(H,18,19). The van der Waals surface area contributed by atoms with Gasteiger partial charge in [0.2, 0.25) is 0 Å². The minimum Gasteiger partial charge on any atom is -0.478 e. The molecule has 1 aliphatic carbocycles. The van der Waals surface area contributed by atoms with Crippen molar-refractivity contribution in [1.82, 2.24) is 0 Å². The van der Waals surface area contributed by atoms with Gasteiger partial charge >= 0.3 is 5.97 Å². The van der Waals surface area contributed by atoms with Gasteiger partial charge in [0, 0.05) is 0 Å². The maximum absolute atomic E-state index is 13.0. The van der Waals surface area contributed by atoms with E-state index in [1.807, 2.05) is 0 Å². The topological polar surface area (TPSA) is 77.8 Å². The van der Waals surface area contributed by atoms with E-state index in [-0.39, 0.29) is 16.3 Å². The van der Waals surface area contributed by atoms with Gasteiger partial charge in [-0.25, -0.2) is 13.4 Å². The van der Waals surface area contributed by atoms with E-state index in [0.29, 0.717) is 12.8 Å². The van der Waals surface area contributed by atoms with Crippen molar-refractivity contribution in [3.05, 3.63) is 40.7 Å². The molecule has 0 heterocycles. The van der Waals surface area contributed by atoms with Crippen LogP contribution in [0.1, 0.15) is 12.8 Å². The Morgan fingerprint density at radius 2 is 2.20 bits per heavy atom. The van der Waals surface area contributed by atoms with Gasteiger partial charge in [0.15, 0.2) is 0 Å². The summed E-state index contributed by atoms with van der Waals surface area (Å²) in [6.07, 6.45) is 2.37. The smallest absolute Gasteiger partial charge is 0.333 e. The van der Waals surface area contributed by atoms with Crippen molar-refractivity contribution >= 4 is 34.5 Å². The summed E-state index contributed by atoms with van der Waals surface area (Å²) in [6.45, 7) is 0. The van der Waals surface area contributed by atoms with Crippen LogP contribution in [0.2, 0.25) is 5.02 Å². The molecule has 0 spiro atoms. The molecule has 0 radical (unpaired) electrons. The van der Waals surface area contributed by atoms with Gasteiger partial charge in [-0.1, -0.05) is 17.7 Å². The SMILES string of the molecule is O=C(O)C1=CCCC1N(c1ccc(F)cc1Cl)S(=O)O. The second-order valence-corrected chi connectivity index (χ2v) is 5.47. The molecule has 0 bridgehead atoms. The fraction of sp³-hybridized carbons (Fsp3) is 0.250. The average Bonchev–Trinajstić information content (AvgIpc) is 2.81. The Morgan fingerprint density at radius 3 is 2.75 bits per heavy atom. The van der Waals surface area contributed by atoms with Gasteiger partial charge in [-0.05, 0) is 31.0 Å². The number of hydrogen-bond acceptors (Lipinski definition) is 2. The molecule has 1 aliphatic rings. The molecule has 5 nitrogen and oxygen atoms in total. The minimum atomic E-state index is -2.48. The first-order valence-electron chi connectivity index (χ1n) is 5.70. The highest BCUT2D eigenvalue weighted by molar-refractivity contribution is 7.80. The number of anilines is 1. The number of carboxylic acids is 1. The molecule has 0 fully saturated rings. The summed E-state index contributed by atoms with van der Waals surface area (Å²) < 4.78 is 35.0. The van der Waals surface area contributed by atoms with Crippen molar-refractivity contribution in [3.8, 4) is 0 Å². The fourth-order valence-electron chi connectivity index (χ4n) is 2.18. The average molecular weight is 320 g/mol. The molecule has 20 heavy (non-hydrogen) atoms. The Morgan fingerprint density at radius 1 is 1.50 bits per heavy atom.